The number of ether oxygens (including phenoxy) is 1. The number of nitrogens with one attached hydrogen (secondary N) is 1. The zero-order valence-corrected chi connectivity index (χ0v) is 20.6. The van der Waals surface area contributed by atoms with Crippen LogP contribution >= 0.6 is 11.8 Å². The molecule has 1 N–H and O–H groups in total. The van der Waals surface area contributed by atoms with Crippen LogP contribution in [0.4, 0.5) is 5.69 Å². The Balaban J connectivity index is 1.52. The topological polar surface area (TPSA) is 69.0 Å². The summed E-state index contributed by atoms with van der Waals surface area (Å²) < 4.78 is 7.27. The van der Waals surface area contributed by atoms with E-state index in [4.69, 9.17) is 4.74 Å². The number of methoxy groups -OCH3 is 1. The predicted molar refractivity (Wildman–Crippen MR) is 131 cm³/mol. The molecule has 0 atom stereocenters. The third-order valence-corrected chi connectivity index (χ3v) is 6.62. The fourth-order valence-electron chi connectivity index (χ4n) is 3.88. The highest BCUT2D eigenvalue weighted by atomic mass is 32.2. The molecule has 0 saturated heterocycles. The molecule has 1 heterocycles. The SMILES string of the molecule is COc1ccc(CCCc2nnc(SCC(=O)Nc3c(C)cc(C)cc3C)n2C)c(C)c1. The zero-order valence-electron chi connectivity index (χ0n) is 19.8. The summed E-state index contributed by atoms with van der Waals surface area (Å²) in [7, 11) is 3.65. The number of aromatic nitrogens is 3. The Labute approximate surface area is 194 Å². The molecule has 0 aliphatic carbocycles. The van der Waals surface area contributed by atoms with Gasteiger partial charge in [-0.2, -0.15) is 0 Å². The van der Waals surface area contributed by atoms with Gasteiger partial charge in [0.05, 0.1) is 12.9 Å². The number of amides is 1. The van der Waals surface area contributed by atoms with Gasteiger partial charge in [-0.1, -0.05) is 35.5 Å². The van der Waals surface area contributed by atoms with Crippen molar-refractivity contribution in [1.82, 2.24) is 14.8 Å². The van der Waals surface area contributed by atoms with Crippen molar-refractivity contribution in [2.75, 3.05) is 18.2 Å². The third kappa shape index (κ3) is 5.91. The molecule has 3 rings (SSSR count). The van der Waals surface area contributed by atoms with E-state index in [1.54, 1.807) is 7.11 Å². The standard InChI is InChI=1S/C25H32N4O2S/c1-16-12-18(3)24(19(4)13-16)26-23(30)15-32-25-28-27-22(29(25)5)9-7-8-20-10-11-21(31-6)14-17(20)2/h10-14H,7-9,15H2,1-6H3,(H,26,30). The lowest BCUT2D eigenvalue weighted by Crippen LogP contribution is -2.16. The minimum atomic E-state index is -0.0374. The highest BCUT2D eigenvalue weighted by molar-refractivity contribution is 7.99. The normalized spacial score (nSPS) is 10.9. The van der Waals surface area contributed by atoms with Crippen LogP contribution in [0.1, 0.15) is 40.1 Å². The number of benzene rings is 2. The molecule has 0 aliphatic rings. The number of carbonyl (C=O) groups excluding carboxylic acids is 1. The van der Waals surface area contributed by atoms with E-state index in [2.05, 4.69) is 53.6 Å². The number of hydrogen-bond donors (Lipinski definition) is 1. The summed E-state index contributed by atoms with van der Waals surface area (Å²) in [6, 6.07) is 10.4. The first-order valence-corrected chi connectivity index (χ1v) is 11.8. The van der Waals surface area contributed by atoms with Gasteiger partial charge in [0.25, 0.3) is 0 Å². The molecule has 0 aliphatic heterocycles. The molecule has 6 nitrogen and oxygen atoms in total. The summed E-state index contributed by atoms with van der Waals surface area (Å²) in [5.41, 5.74) is 6.81. The number of hydrogen-bond acceptors (Lipinski definition) is 5. The molecule has 0 saturated carbocycles. The van der Waals surface area contributed by atoms with Crippen LogP contribution in [-0.4, -0.2) is 33.5 Å². The van der Waals surface area contributed by atoms with Crippen molar-refractivity contribution in [2.45, 2.75) is 52.1 Å². The first-order valence-electron chi connectivity index (χ1n) is 10.8. The quantitative estimate of drug-likeness (QED) is 0.465. The lowest BCUT2D eigenvalue weighted by atomic mass is 10.0. The smallest absolute Gasteiger partial charge is 0.234 e. The van der Waals surface area contributed by atoms with E-state index in [0.29, 0.717) is 5.75 Å². The fourth-order valence-corrected chi connectivity index (χ4v) is 4.61. The molecule has 0 spiro atoms. The summed E-state index contributed by atoms with van der Waals surface area (Å²) in [6.45, 7) is 8.21. The van der Waals surface area contributed by atoms with Gasteiger partial charge >= 0.3 is 0 Å². The molecule has 3 aromatic rings. The Hall–Kier alpha value is -2.80. The Bertz CT molecular complexity index is 1080. The average Bonchev–Trinajstić information content (AvgIpc) is 3.09. The van der Waals surface area contributed by atoms with Gasteiger partial charge in [0, 0.05) is 19.2 Å². The summed E-state index contributed by atoms with van der Waals surface area (Å²) in [6.07, 6.45) is 2.79. The van der Waals surface area contributed by atoms with Gasteiger partial charge in [-0.25, -0.2) is 0 Å². The molecule has 1 aromatic heterocycles. The number of carbonyl (C=O) groups is 1. The summed E-state index contributed by atoms with van der Waals surface area (Å²) in [4.78, 5) is 12.5. The van der Waals surface area contributed by atoms with Gasteiger partial charge < -0.3 is 14.6 Å². The van der Waals surface area contributed by atoms with Crippen molar-refractivity contribution >= 4 is 23.4 Å². The van der Waals surface area contributed by atoms with Crippen molar-refractivity contribution in [1.29, 1.82) is 0 Å². The van der Waals surface area contributed by atoms with E-state index in [1.165, 1.54) is 28.5 Å². The van der Waals surface area contributed by atoms with Crippen LogP contribution in [0.2, 0.25) is 0 Å². The van der Waals surface area contributed by atoms with Gasteiger partial charge in [0.1, 0.15) is 11.6 Å². The fraction of sp³-hybridized carbons (Fsp3) is 0.400. The summed E-state index contributed by atoms with van der Waals surface area (Å²) in [5, 5.41) is 12.4. The van der Waals surface area contributed by atoms with Gasteiger partial charge in [0.15, 0.2) is 5.16 Å². The van der Waals surface area contributed by atoms with Gasteiger partial charge in [-0.3, -0.25) is 4.79 Å². The molecular formula is C25H32N4O2S. The lowest BCUT2D eigenvalue weighted by Gasteiger charge is -2.12. The van der Waals surface area contributed by atoms with E-state index in [0.717, 1.165) is 52.8 Å². The number of rotatable bonds is 9. The monoisotopic (exact) mass is 452 g/mol. The molecule has 170 valence electrons. The van der Waals surface area contributed by atoms with Crippen LogP contribution in [0.3, 0.4) is 0 Å². The van der Waals surface area contributed by atoms with Crippen molar-refractivity contribution < 1.29 is 9.53 Å². The molecular weight excluding hydrogens is 420 g/mol. The van der Waals surface area contributed by atoms with E-state index >= 15 is 0 Å². The maximum absolute atomic E-state index is 12.5. The highest BCUT2D eigenvalue weighted by Crippen LogP contribution is 2.23. The predicted octanol–water partition coefficient (Wildman–Crippen LogP) is 4.96. The summed E-state index contributed by atoms with van der Waals surface area (Å²) in [5.74, 6) is 2.08. The van der Waals surface area contributed by atoms with Crippen molar-refractivity contribution in [3.63, 3.8) is 0 Å². The minimum Gasteiger partial charge on any atom is -0.497 e. The molecule has 0 radical (unpaired) electrons. The van der Waals surface area contributed by atoms with E-state index in [1.807, 2.05) is 31.5 Å². The molecule has 7 heteroatoms. The van der Waals surface area contributed by atoms with Crippen molar-refractivity contribution in [3.05, 3.63) is 64.0 Å². The Morgan fingerprint density at radius 1 is 1.03 bits per heavy atom. The molecule has 0 bridgehead atoms. The minimum absolute atomic E-state index is 0.0374. The molecule has 2 aromatic carbocycles. The molecule has 0 fully saturated rings. The second kappa shape index (κ2) is 10.7. The first kappa shape index (κ1) is 23.9. The highest BCUT2D eigenvalue weighted by Gasteiger charge is 2.13. The van der Waals surface area contributed by atoms with E-state index in [9.17, 15) is 4.79 Å². The Morgan fingerprint density at radius 2 is 1.75 bits per heavy atom. The van der Waals surface area contributed by atoms with Crippen LogP contribution in [0.5, 0.6) is 5.75 Å². The van der Waals surface area contributed by atoms with Crippen LogP contribution in [0.15, 0.2) is 35.5 Å². The zero-order chi connectivity index (χ0) is 23.3. The number of nitrogens with zero attached hydrogens (tertiary/aromatic N) is 3. The Morgan fingerprint density at radius 3 is 2.41 bits per heavy atom. The maximum atomic E-state index is 12.5. The molecule has 32 heavy (non-hydrogen) atoms. The third-order valence-electron chi connectivity index (χ3n) is 5.60. The number of thioether (sulfide) groups is 1. The lowest BCUT2D eigenvalue weighted by molar-refractivity contribution is -0.113. The van der Waals surface area contributed by atoms with Crippen LogP contribution < -0.4 is 10.1 Å². The van der Waals surface area contributed by atoms with E-state index < -0.39 is 0 Å². The second-order valence-electron chi connectivity index (χ2n) is 8.21. The largest absolute Gasteiger partial charge is 0.497 e. The van der Waals surface area contributed by atoms with Gasteiger partial charge in [-0.05, 0) is 74.9 Å². The van der Waals surface area contributed by atoms with Gasteiger partial charge in [0.2, 0.25) is 5.91 Å². The van der Waals surface area contributed by atoms with Gasteiger partial charge in [-0.15, -0.1) is 10.2 Å². The first-order chi connectivity index (χ1) is 15.3. The number of anilines is 1. The Kier molecular flexibility index (Phi) is 7.96. The summed E-state index contributed by atoms with van der Waals surface area (Å²) >= 11 is 1.41. The second-order valence-corrected chi connectivity index (χ2v) is 9.16. The van der Waals surface area contributed by atoms with Crippen LogP contribution in [0, 0.1) is 27.7 Å². The average molecular weight is 453 g/mol. The maximum Gasteiger partial charge on any atom is 0.234 e. The van der Waals surface area contributed by atoms with Crippen LogP contribution in [-0.2, 0) is 24.7 Å². The van der Waals surface area contributed by atoms with E-state index in [-0.39, 0.29) is 5.91 Å². The van der Waals surface area contributed by atoms with Crippen LogP contribution in [0.25, 0.3) is 0 Å². The van der Waals surface area contributed by atoms with Crippen molar-refractivity contribution in [3.8, 4) is 5.75 Å². The molecule has 1 amide bonds. The molecule has 0 unspecified atom stereocenters. The van der Waals surface area contributed by atoms with Crippen molar-refractivity contribution in [2.24, 2.45) is 7.05 Å². The number of aryl methyl sites for hydroxylation is 6.